The first kappa shape index (κ1) is 31.6. The van der Waals surface area contributed by atoms with E-state index in [1.807, 2.05) is 44.2 Å². The van der Waals surface area contributed by atoms with E-state index in [2.05, 4.69) is 5.32 Å². The van der Waals surface area contributed by atoms with Gasteiger partial charge in [0.05, 0.1) is 16.9 Å². The minimum Gasteiger partial charge on any atom is -0.354 e. The van der Waals surface area contributed by atoms with Crippen LogP contribution in [0.1, 0.15) is 25.0 Å². The minimum atomic E-state index is -4.05. The van der Waals surface area contributed by atoms with Crippen molar-refractivity contribution < 1.29 is 22.9 Å². The molecule has 0 spiro atoms. The summed E-state index contributed by atoms with van der Waals surface area (Å²) in [7, 11) is -4.05. The molecule has 218 valence electrons. The first-order valence-electron chi connectivity index (χ1n) is 12.9. The van der Waals surface area contributed by atoms with Crippen LogP contribution in [0, 0.1) is 16.0 Å². The number of rotatable bonds is 13. The van der Waals surface area contributed by atoms with Crippen molar-refractivity contribution >= 4 is 44.8 Å². The van der Waals surface area contributed by atoms with E-state index >= 15 is 0 Å². The molecule has 1 N–H and O–H groups in total. The fourth-order valence-electron chi connectivity index (χ4n) is 4.18. The normalized spacial score (nSPS) is 12.0. The number of hydrogen-bond acceptors (Lipinski definition) is 6. The monoisotopic (exact) mass is 600 g/mol. The lowest BCUT2D eigenvalue weighted by Gasteiger charge is -2.33. The third-order valence-electron chi connectivity index (χ3n) is 6.21. The molecule has 1 unspecified atom stereocenters. The van der Waals surface area contributed by atoms with Gasteiger partial charge < -0.3 is 10.2 Å². The van der Waals surface area contributed by atoms with Crippen LogP contribution >= 0.6 is 11.6 Å². The second-order valence-corrected chi connectivity index (χ2v) is 12.4. The van der Waals surface area contributed by atoms with Gasteiger partial charge in [-0.2, -0.15) is 0 Å². The van der Waals surface area contributed by atoms with Crippen LogP contribution in [0.5, 0.6) is 0 Å². The summed E-state index contributed by atoms with van der Waals surface area (Å²) in [5, 5.41) is 14.7. The molecule has 3 aromatic rings. The van der Waals surface area contributed by atoms with Gasteiger partial charge in [0, 0.05) is 36.7 Å². The number of anilines is 1. The summed E-state index contributed by atoms with van der Waals surface area (Å²) in [6.45, 7) is 3.57. The van der Waals surface area contributed by atoms with E-state index in [9.17, 15) is 28.1 Å². The molecule has 0 bridgehead atoms. The van der Waals surface area contributed by atoms with E-state index in [0.717, 1.165) is 22.2 Å². The summed E-state index contributed by atoms with van der Waals surface area (Å²) >= 11 is 6.20. The van der Waals surface area contributed by atoms with Gasteiger partial charge in [-0.25, -0.2) is 8.42 Å². The molecule has 0 saturated carbocycles. The van der Waals surface area contributed by atoms with Gasteiger partial charge in [-0.3, -0.25) is 24.0 Å². The summed E-state index contributed by atoms with van der Waals surface area (Å²) in [4.78, 5) is 39.6. The lowest BCUT2D eigenvalue weighted by Crippen LogP contribution is -2.53. The van der Waals surface area contributed by atoms with Crippen molar-refractivity contribution in [2.75, 3.05) is 23.7 Å². The van der Waals surface area contributed by atoms with Gasteiger partial charge in [0.2, 0.25) is 21.8 Å². The molecule has 0 aliphatic heterocycles. The van der Waals surface area contributed by atoms with Crippen molar-refractivity contribution in [2.24, 2.45) is 5.92 Å². The molecule has 0 aliphatic rings. The molecule has 12 heteroatoms. The summed E-state index contributed by atoms with van der Waals surface area (Å²) in [6, 6.07) is 20.1. The van der Waals surface area contributed by atoms with Crippen molar-refractivity contribution in [1.82, 2.24) is 10.2 Å². The Morgan fingerprint density at radius 3 is 2.24 bits per heavy atom. The van der Waals surface area contributed by atoms with Crippen LogP contribution < -0.4 is 9.62 Å². The number of nitro benzene ring substituents is 1. The molecule has 3 rings (SSSR count). The van der Waals surface area contributed by atoms with E-state index in [1.54, 1.807) is 24.3 Å². The zero-order valence-corrected chi connectivity index (χ0v) is 24.6. The number of nitrogens with zero attached hydrogens (tertiary/aromatic N) is 3. The van der Waals surface area contributed by atoms with Crippen LogP contribution in [0.2, 0.25) is 5.02 Å². The van der Waals surface area contributed by atoms with Crippen molar-refractivity contribution in [1.29, 1.82) is 0 Å². The minimum absolute atomic E-state index is 0.0292. The third kappa shape index (κ3) is 9.29. The van der Waals surface area contributed by atoms with Crippen molar-refractivity contribution in [2.45, 2.75) is 32.9 Å². The van der Waals surface area contributed by atoms with Gasteiger partial charge in [0.25, 0.3) is 5.69 Å². The summed E-state index contributed by atoms with van der Waals surface area (Å²) in [6.07, 6.45) is 1.09. The summed E-state index contributed by atoms with van der Waals surface area (Å²) in [5.74, 6) is -0.898. The highest BCUT2D eigenvalue weighted by molar-refractivity contribution is 7.92. The molecule has 0 aromatic heterocycles. The number of carbonyl (C=O) groups is 2. The number of halogens is 1. The number of sulfonamides is 1. The molecule has 0 radical (unpaired) electrons. The Bertz CT molecular complexity index is 1480. The van der Waals surface area contributed by atoms with Crippen LogP contribution in [0.25, 0.3) is 0 Å². The molecule has 0 saturated heterocycles. The Morgan fingerprint density at radius 2 is 1.63 bits per heavy atom. The van der Waals surface area contributed by atoms with Gasteiger partial charge >= 0.3 is 0 Å². The third-order valence-corrected chi connectivity index (χ3v) is 7.58. The molecular weight excluding hydrogens is 568 g/mol. The van der Waals surface area contributed by atoms with E-state index in [1.165, 1.54) is 23.1 Å². The molecule has 10 nitrogen and oxygen atoms in total. The molecular formula is C29H33ClN4O6S. The zero-order chi connectivity index (χ0) is 30.2. The van der Waals surface area contributed by atoms with Gasteiger partial charge in [-0.1, -0.05) is 74.0 Å². The Kier molecular flexibility index (Phi) is 10.8. The van der Waals surface area contributed by atoms with E-state index < -0.39 is 33.4 Å². The van der Waals surface area contributed by atoms with Crippen molar-refractivity contribution in [3.63, 3.8) is 0 Å². The average Bonchev–Trinajstić information content (AvgIpc) is 2.92. The fraction of sp³-hybridized carbons (Fsp3) is 0.310. The Labute approximate surface area is 245 Å². The lowest BCUT2D eigenvalue weighted by molar-refractivity contribution is -0.384. The van der Waals surface area contributed by atoms with Crippen LogP contribution in [0.15, 0.2) is 78.9 Å². The van der Waals surface area contributed by atoms with Crippen LogP contribution in [0.4, 0.5) is 11.4 Å². The smallest absolute Gasteiger partial charge is 0.271 e. The van der Waals surface area contributed by atoms with Crippen LogP contribution in [-0.4, -0.2) is 55.4 Å². The van der Waals surface area contributed by atoms with Gasteiger partial charge in [0.1, 0.15) is 12.6 Å². The number of nitrogens with one attached hydrogen (secondary N) is 1. The topological polar surface area (TPSA) is 130 Å². The van der Waals surface area contributed by atoms with Crippen molar-refractivity contribution in [3.05, 3.63) is 105 Å². The molecule has 0 heterocycles. The fourth-order valence-corrected chi connectivity index (χ4v) is 5.24. The molecule has 2 amide bonds. The number of nitro groups is 1. The van der Waals surface area contributed by atoms with Gasteiger partial charge in [-0.15, -0.1) is 0 Å². The molecule has 41 heavy (non-hydrogen) atoms. The van der Waals surface area contributed by atoms with E-state index in [-0.39, 0.29) is 36.2 Å². The standard InChI is InChI=1S/C29H33ClN4O6S/c1-21(2)18-31-29(36)27(16-22-9-5-4-6-10-22)32(19-23-11-7-12-24(30)15-23)28(35)20-33(41(3,39)40)25-13-8-14-26(17-25)34(37)38/h4-15,17,21,27H,16,18-20H2,1-3H3,(H,31,36). The van der Waals surface area contributed by atoms with Crippen LogP contribution in [0.3, 0.4) is 0 Å². The highest BCUT2D eigenvalue weighted by Crippen LogP contribution is 2.24. The van der Waals surface area contributed by atoms with E-state index in [0.29, 0.717) is 17.1 Å². The number of non-ortho nitro benzene ring substituents is 1. The number of carbonyl (C=O) groups excluding carboxylic acids is 2. The SMILES string of the molecule is CC(C)CNC(=O)C(Cc1ccccc1)N(Cc1cccc(Cl)c1)C(=O)CN(c1cccc([N+](=O)[O-])c1)S(C)(=O)=O. The van der Waals surface area contributed by atoms with Gasteiger partial charge in [0.15, 0.2) is 0 Å². The highest BCUT2D eigenvalue weighted by Gasteiger charge is 2.33. The quantitative estimate of drug-likeness (QED) is 0.228. The maximum absolute atomic E-state index is 14.0. The predicted octanol–water partition coefficient (Wildman–Crippen LogP) is 4.43. The van der Waals surface area contributed by atoms with Crippen LogP contribution in [-0.2, 0) is 32.6 Å². The Balaban J connectivity index is 2.07. The molecule has 3 aromatic carbocycles. The second kappa shape index (κ2) is 14.1. The maximum Gasteiger partial charge on any atom is 0.271 e. The Hall–Kier alpha value is -3.96. The molecule has 1 atom stereocenters. The van der Waals surface area contributed by atoms with Gasteiger partial charge in [-0.05, 0) is 35.2 Å². The highest BCUT2D eigenvalue weighted by atomic mass is 35.5. The number of benzene rings is 3. The second-order valence-electron chi connectivity index (χ2n) is 10.0. The lowest BCUT2D eigenvalue weighted by atomic mass is 10.0. The zero-order valence-electron chi connectivity index (χ0n) is 23.1. The number of amides is 2. The maximum atomic E-state index is 14.0. The summed E-state index contributed by atoms with van der Waals surface area (Å²) in [5.41, 5.74) is 1.08. The summed E-state index contributed by atoms with van der Waals surface area (Å²) < 4.78 is 26.5. The number of hydrogen-bond donors (Lipinski definition) is 1. The largest absolute Gasteiger partial charge is 0.354 e. The first-order valence-corrected chi connectivity index (χ1v) is 15.2. The first-order chi connectivity index (χ1) is 19.3. The average molecular weight is 601 g/mol. The predicted molar refractivity (Wildman–Crippen MR) is 159 cm³/mol. The Morgan fingerprint density at radius 1 is 0.976 bits per heavy atom. The van der Waals surface area contributed by atoms with Crippen molar-refractivity contribution in [3.8, 4) is 0 Å². The molecule has 0 aliphatic carbocycles. The van der Waals surface area contributed by atoms with E-state index in [4.69, 9.17) is 11.6 Å². The molecule has 0 fully saturated rings.